The largest absolute Gasteiger partial charge is 0.490 e. The third-order valence-corrected chi connectivity index (χ3v) is 5.55. The Morgan fingerprint density at radius 3 is 2.68 bits per heavy atom. The molecule has 0 bridgehead atoms. The van der Waals surface area contributed by atoms with Crippen LogP contribution in [0.3, 0.4) is 0 Å². The Balaban J connectivity index is 1.54. The Morgan fingerprint density at radius 1 is 1.20 bits per heavy atom. The van der Waals surface area contributed by atoms with Crippen LogP contribution >= 0.6 is 0 Å². The second kappa shape index (κ2) is 6.37. The summed E-state index contributed by atoms with van der Waals surface area (Å²) in [6.45, 7) is 9.52. The Hall–Kier alpha value is -2.01. The highest BCUT2D eigenvalue weighted by Crippen LogP contribution is 2.30. The van der Waals surface area contributed by atoms with Crippen molar-refractivity contribution < 1.29 is 9.53 Å². The van der Waals surface area contributed by atoms with Crippen molar-refractivity contribution in [2.75, 3.05) is 19.6 Å². The van der Waals surface area contributed by atoms with Crippen LogP contribution in [0.1, 0.15) is 50.1 Å². The summed E-state index contributed by atoms with van der Waals surface area (Å²) in [4.78, 5) is 14.6. The quantitative estimate of drug-likeness (QED) is 0.932. The van der Waals surface area contributed by atoms with Gasteiger partial charge in [-0.2, -0.15) is 0 Å². The number of amides is 1. The minimum absolute atomic E-state index is 0.0119. The summed E-state index contributed by atoms with van der Waals surface area (Å²) in [5, 5.41) is 4.03. The maximum atomic E-state index is 12.1. The zero-order chi connectivity index (χ0) is 17.6. The molecule has 0 saturated carbocycles. The zero-order valence-electron chi connectivity index (χ0n) is 15.3. The molecule has 0 aliphatic carbocycles. The number of nitrogens with zero attached hydrogens (tertiary/aromatic N) is 2. The van der Waals surface area contributed by atoms with E-state index in [-0.39, 0.29) is 18.1 Å². The van der Waals surface area contributed by atoms with E-state index in [1.807, 2.05) is 12.1 Å². The van der Waals surface area contributed by atoms with E-state index in [1.165, 1.54) is 0 Å². The summed E-state index contributed by atoms with van der Waals surface area (Å²) in [5.74, 6) is 0.921. The van der Waals surface area contributed by atoms with E-state index in [2.05, 4.69) is 47.7 Å². The second-order valence-corrected chi connectivity index (χ2v) is 7.63. The first-order valence-corrected chi connectivity index (χ1v) is 9.37. The number of ether oxygens (including phenoxy) is 1. The number of rotatable bonds is 3. The van der Waals surface area contributed by atoms with Gasteiger partial charge in [-0.1, -0.05) is 0 Å². The number of nitrogens with one attached hydrogen (secondary N) is 1. The molecule has 1 atom stereocenters. The summed E-state index contributed by atoms with van der Waals surface area (Å²) in [6, 6.07) is 9.08. The normalized spacial score (nSPS) is 22.2. The molecule has 1 aromatic heterocycles. The fourth-order valence-corrected chi connectivity index (χ4v) is 4.06. The van der Waals surface area contributed by atoms with Gasteiger partial charge in [0.05, 0.1) is 0 Å². The molecule has 134 valence electrons. The van der Waals surface area contributed by atoms with E-state index < -0.39 is 0 Å². The molecule has 0 unspecified atom stereocenters. The molecule has 0 spiro atoms. The lowest BCUT2D eigenvalue weighted by molar-refractivity contribution is 0.0844. The summed E-state index contributed by atoms with van der Waals surface area (Å²) in [7, 11) is 0. The van der Waals surface area contributed by atoms with Gasteiger partial charge in [0.1, 0.15) is 17.5 Å². The molecule has 25 heavy (non-hydrogen) atoms. The van der Waals surface area contributed by atoms with Gasteiger partial charge in [-0.25, -0.2) is 0 Å². The predicted octanol–water partition coefficient (Wildman–Crippen LogP) is 3.20. The number of piperidine rings is 1. The number of carbonyl (C=O) groups is 1. The van der Waals surface area contributed by atoms with Gasteiger partial charge in [0, 0.05) is 42.6 Å². The number of carbonyl (C=O) groups excluding carboxylic acids is 1. The molecule has 5 heteroatoms. The molecule has 1 amide bonds. The molecule has 2 aromatic rings. The monoisotopic (exact) mass is 341 g/mol. The maximum Gasteiger partial charge on any atom is 0.268 e. The van der Waals surface area contributed by atoms with Crippen LogP contribution in [-0.2, 0) is 0 Å². The minimum atomic E-state index is 0.0119. The molecular weight excluding hydrogens is 314 g/mol. The van der Waals surface area contributed by atoms with E-state index in [0.717, 1.165) is 48.3 Å². The number of likely N-dealkylation sites (tertiary alicyclic amines) is 1. The van der Waals surface area contributed by atoms with Crippen molar-refractivity contribution in [3.8, 4) is 5.75 Å². The van der Waals surface area contributed by atoms with Gasteiger partial charge in [0.25, 0.3) is 5.91 Å². The average molecular weight is 341 g/mol. The highest BCUT2D eigenvalue weighted by Gasteiger charge is 2.25. The predicted molar refractivity (Wildman–Crippen MR) is 99.3 cm³/mol. The van der Waals surface area contributed by atoms with Crippen LogP contribution in [0.2, 0.25) is 0 Å². The summed E-state index contributed by atoms with van der Waals surface area (Å²) < 4.78 is 8.38. The first-order chi connectivity index (χ1) is 12.0. The van der Waals surface area contributed by atoms with Crippen molar-refractivity contribution >= 4 is 16.8 Å². The summed E-state index contributed by atoms with van der Waals surface area (Å²) in [5.41, 5.74) is 1.86. The van der Waals surface area contributed by atoms with Crippen LogP contribution in [0.25, 0.3) is 10.9 Å². The molecule has 1 fully saturated rings. The lowest BCUT2D eigenvalue weighted by atomic mass is 10.1. The lowest BCUT2D eigenvalue weighted by Crippen LogP contribution is -2.41. The smallest absolute Gasteiger partial charge is 0.268 e. The number of fused-ring (bicyclic) bond motifs is 3. The van der Waals surface area contributed by atoms with Crippen LogP contribution in [0, 0.1) is 0 Å². The Morgan fingerprint density at radius 2 is 1.96 bits per heavy atom. The standard InChI is InChI=1S/C20H27N3O2/c1-13(2)22-8-6-16(7-9-22)25-17-4-5-18-15(10-17)11-19-20(24)21-12-14(3)23(18)19/h4-5,10-11,13-14,16H,6-9,12H2,1-3H3,(H,21,24)/t14-/m0/s1. The van der Waals surface area contributed by atoms with Crippen molar-refractivity contribution in [3.63, 3.8) is 0 Å². The first kappa shape index (κ1) is 16.5. The Labute approximate surface area is 148 Å². The number of hydrogen-bond acceptors (Lipinski definition) is 3. The second-order valence-electron chi connectivity index (χ2n) is 7.63. The van der Waals surface area contributed by atoms with Gasteiger partial charge >= 0.3 is 0 Å². The highest BCUT2D eigenvalue weighted by molar-refractivity contribution is 6.00. The topological polar surface area (TPSA) is 46.5 Å². The Bertz CT molecular complexity index is 788. The Kier molecular flexibility index (Phi) is 4.20. The molecule has 1 aromatic carbocycles. The summed E-state index contributed by atoms with van der Waals surface area (Å²) >= 11 is 0. The van der Waals surface area contributed by atoms with Gasteiger partial charge < -0.3 is 19.5 Å². The highest BCUT2D eigenvalue weighted by atomic mass is 16.5. The van der Waals surface area contributed by atoms with E-state index in [9.17, 15) is 4.79 Å². The fourth-order valence-electron chi connectivity index (χ4n) is 4.06. The molecule has 0 radical (unpaired) electrons. The SMILES string of the molecule is CC(C)N1CCC(Oc2ccc3c(c2)cc2n3[C@@H](C)CNC2=O)CC1. The molecule has 1 saturated heterocycles. The molecule has 3 heterocycles. The van der Waals surface area contributed by atoms with Crippen LogP contribution in [0.15, 0.2) is 24.3 Å². The van der Waals surface area contributed by atoms with E-state index >= 15 is 0 Å². The fraction of sp³-hybridized carbons (Fsp3) is 0.550. The van der Waals surface area contributed by atoms with Crippen molar-refractivity contribution in [1.82, 2.24) is 14.8 Å². The molecular formula is C20H27N3O2. The molecule has 2 aliphatic rings. The van der Waals surface area contributed by atoms with Gasteiger partial charge in [-0.15, -0.1) is 0 Å². The van der Waals surface area contributed by atoms with Gasteiger partial charge in [0.2, 0.25) is 0 Å². The minimum Gasteiger partial charge on any atom is -0.490 e. The molecule has 1 N–H and O–H groups in total. The van der Waals surface area contributed by atoms with E-state index in [4.69, 9.17) is 4.74 Å². The summed E-state index contributed by atoms with van der Waals surface area (Å²) in [6.07, 6.45) is 2.43. The zero-order valence-corrected chi connectivity index (χ0v) is 15.3. The molecule has 2 aliphatic heterocycles. The first-order valence-electron chi connectivity index (χ1n) is 9.37. The number of benzene rings is 1. The van der Waals surface area contributed by atoms with Crippen molar-refractivity contribution in [3.05, 3.63) is 30.0 Å². The van der Waals surface area contributed by atoms with Crippen molar-refractivity contribution in [2.45, 2.75) is 51.8 Å². The van der Waals surface area contributed by atoms with Crippen LogP contribution in [0.4, 0.5) is 0 Å². The number of aromatic nitrogens is 1. The van der Waals surface area contributed by atoms with Gasteiger partial charge in [0.15, 0.2) is 0 Å². The van der Waals surface area contributed by atoms with Gasteiger partial charge in [-0.05, 0) is 57.9 Å². The third-order valence-electron chi connectivity index (χ3n) is 5.55. The van der Waals surface area contributed by atoms with E-state index in [1.54, 1.807) is 0 Å². The van der Waals surface area contributed by atoms with Crippen molar-refractivity contribution in [1.29, 1.82) is 0 Å². The third kappa shape index (κ3) is 3.01. The average Bonchev–Trinajstić information content (AvgIpc) is 2.99. The van der Waals surface area contributed by atoms with Crippen LogP contribution in [-0.4, -0.2) is 47.2 Å². The van der Waals surface area contributed by atoms with E-state index in [0.29, 0.717) is 12.6 Å². The molecule has 4 rings (SSSR count). The van der Waals surface area contributed by atoms with Crippen molar-refractivity contribution in [2.24, 2.45) is 0 Å². The molecule has 5 nitrogen and oxygen atoms in total. The number of hydrogen-bond donors (Lipinski definition) is 1. The van der Waals surface area contributed by atoms with Crippen LogP contribution in [0.5, 0.6) is 5.75 Å². The lowest BCUT2D eigenvalue weighted by Gasteiger charge is -2.34. The van der Waals surface area contributed by atoms with Crippen LogP contribution < -0.4 is 10.1 Å². The maximum absolute atomic E-state index is 12.1. The van der Waals surface area contributed by atoms with Gasteiger partial charge in [-0.3, -0.25) is 4.79 Å².